The summed E-state index contributed by atoms with van der Waals surface area (Å²) < 4.78 is 28.9. The Morgan fingerprint density at radius 1 is 1.11 bits per heavy atom. The largest absolute Gasteiger partial charge is 0.497 e. The number of nitrogens with one attached hydrogen (secondary N) is 1. The fraction of sp³-hybridized carbons (Fsp3) is 0.200. The van der Waals surface area contributed by atoms with Crippen molar-refractivity contribution in [1.82, 2.24) is 0 Å². The molecule has 0 aliphatic rings. The maximum atomic E-state index is 13.7. The van der Waals surface area contributed by atoms with Gasteiger partial charge < -0.3 is 19.5 Å². The third kappa shape index (κ3) is 5.85. The standard InChI is InChI=1S/C20H20FNO5/c1-13-4-7-17(16(21)10-13)22-19(23)12-27-20(24)9-5-14-11-15(25-2)6-8-18(14)26-3/h4-11H,12H2,1-3H3,(H,22,23)/b9-5+. The third-order valence-corrected chi connectivity index (χ3v) is 3.58. The van der Waals surface area contributed by atoms with Crippen LogP contribution in [0.3, 0.4) is 0 Å². The van der Waals surface area contributed by atoms with Crippen LogP contribution in [0.5, 0.6) is 11.5 Å². The third-order valence-electron chi connectivity index (χ3n) is 3.58. The maximum Gasteiger partial charge on any atom is 0.331 e. The second kappa shape index (κ2) is 9.38. The van der Waals surface area contributed by atoms with Crippen LogP contribution in [0.1, 0.15) is 11.1 Å². The van der Waals surface area contributed by atoms with Gasteiger partial charge in [0.2, 0.25) is 0 Å². The van der Waals surface area contributed by atoms with Crippen molar-refractivity contribution in [3.05, 3.63) is 59.4 Å². The first-order valence-corrected chi connectivity index (χ1v) is 8.06. The highest BCUT2D eigenvalue weighted by molar-refractivity contribution is 5.94. The van der Waals surface area contributed by atoms with Gasteiger partial charge in [0.1, 0.15) is 17.3 Å². The van der Waals surface area contributed by atoms with Gasteiger partial charge in [-0.25, -0.2) is 9.18 Å². The predicted molar refractivity (Wildman–Crippen MR) is 99.3 cm³/mol. The molecule has 0 spiro atoms. The molecule has 2 rings (SSSR count). The fourth-order valence-corrected chi connectivity index (χ4v) is 2.22. The van der Waals surface area contributed by atoms with Crippen LogP contribution in [0, 0.1) is 12.7 Å². The number of rotatable bonds is 7. The Labute approximate surface area is 156 Å². The highest BCUT2D eigenvalue weighted by atomic mass is 19.1. The number of benzene rings is 2. The molecule has 27 heavy (non-hydrogen) atoms. The Morgan fingerprint density at radius 3 is 2.56 bits per heavy atom. The second-order valence-electron chi connectivity index (χ2n) is 5.58. The summed E-state index contributed by atoms with van der Waals surface area (Å²) in [6.07, 6.45) is 2.65. The molecule has 2 aromatic rings. The second-order valence-corrected chi connectivity index (χ2v) is 5.58. The van der Waals surface area contributed by atoms with Crippen molar-refractivity contribution in [2.75, 3.05) is 26.1 Å². The van der Waals surface area contributed by atoms with Crippen molar-refractivity contribution in [3.63, 3.8) is 0 Å². The van der Waals surface area contributed by atoms with Crippen LogP contribution >= 0.6 is 0 Å². The molecule has 0 saturated carbocycles. The number of aryl methyl sites for hydroxylation is 1. The van der Waals surface area contributed by atoms with Crippen LogP contribution in [-0.2, 0) is 14.3 Å². The molecular formula is C20H20FNO5. The first-order chi connectivity index (χ1) is 12.9. The van der Waals surface area contributed by atoms with E-state index in [9.17, 15) is 14.0 Å². The first-order valence-electron chi connectivity index (χ1n) is 8.06. The van der Waals surface area contributed by atoms with E-state index >= 15 is 0 Å². The number of hydrogen-bond acceptors (Lipinski definition) is 5. The number of amides is 1. The van der Waals surface area contributed by atoms with Gasteiger partial charge in [-0.3, -0.25) is 4.79 Å². The van der Waals surface area contributed by atoms with E-state index in [1.807, 2.05) is 0 Å². The molecule has 0 aliphatic heterocycles. The number of esters is 1. The van der Waals surface area contributed by atoms with Gasteiger partial charge in [0.25, 0.3) is 5.91 Å². The average Bonchev–Trinajstić information content (AvgIpc) is 2.66. The molecule has 0 aliphatic carbocycles. The number of methoxy groups -OCH3 is 2. The lowest BCUT2D eigenvalue weighted by molar-refractivity contribution is -0.142. The molecule has 7 heteroatoms. The summed E-state index contributed by atoms with van der Waals surface area (Å²) >= 11 is 0. The molecule has 0 unspecified atom stereocenters. The molecule has 0 radical (unpaired) electrons. The zero-order valence-electron chi connectivity index (χ0n) is 15.2. The Balaban J connectivity index is 1.92. The lowest BCUT2D eigenvalue weighted by Gasteiger charge is -2.08. The van der Waals surface area contributed by atoms with Crippen molar-refractivity contribution in [2.45, 2.75) is 6.92 Å². The van der Waals surface area contributed by atoms with Crippen molar-refractivity contribution in [1.29, 1.82) is 0 Å². The highest BCUT2D eigenvalue weighted by Gasteiger charge is 2.09. The lowest BCUT2D eigenvalue weighted by Crippen LogP contribution is -2.20. The number of anilines is 1. The maximum absolute atomic E-state index is 13.7. The minimum absolute atomic E-state index is 0.0262. The van der Waals surface area contributed by atoms with Crippen LogP contribution < -0.4 is 14.8 Å². The number of halogens is 1. The van der Waals surface area contributed by atoms with Crippen molar-refractivity contribution < 1.29 is 28.2 Å². The smallest absolute Gasteiger partial charge is 0.331 e. The summed E-state index contributed by atoms with van der Waals surface area (Å²) in [6.45, 7) is 1.20. The summed E-state index contributed by atoms with van der Waals surface area (Å²) in [7, 11) is 3.03. The minimum atomic E-state index is -0.723. The summed E-state index contributed by atoms with van der Waals surface area (Å²) in [5.41, 5.74) is 1.37. The normalized spacial score (nSPS) is 10.5. The van der Waals surface area contributed by atoms with Gasteiger partial charge in [0, 0.05) is 11.6 Å². The first kappa shape index (κ1) is 20.0. The van der Waals surface area contributed by atoms with E-state index in [1.54, 1.807) is 31.2 Å². The molecule has 0 aromatic heterocycles. The van der Waals surface area contributed by atoms with Gasteiger partial charge in [-0.05, 0) is 48.9 Å². The fourth-order valence-electron chi connectivity index (χ4n) is 2.22. The monoisotopic (exact) mass is 373 g/mol. The van der Waals surface area contributed by atoms with Gasteiger partial charge in [0.05, 0.1) is 19.9 Å². The van der Waals surface area contributed by atoms with E-state index in [-0.39, 0.29) is 5.69 Å². The van der Waals surface area contributed by atoms with Crippen molar-refractivity contribution >= 4 is 23.6 Å². The number of hydrogen-bond donors (Lipinski definition) is 1. The van der Waals surface area contributed by atoms with Gasteiger partial charge in [-0.2, -0.15) is 0 Å². The lowest BCUT2D eigenvalue weighted by atomic mass is 10.1. The summed E-state index contributed by atoms with van der Waals surface area (Å²) in [5, 5.41) is 2.35. The van der Waals surface area contributed by atoms with E-state index < -0.39 is 24.3 Å². The van der Waals surface area contributed by atoms with E-state index in [0.717, 1.165) is 11.6 Å². The predicted octanol–water partition coefficient (Wildman–Crippen LogP) is 3.35. The average molecular weight is 373 g/mol. The topological polar surface area (TPSA) is 73.9 Å². The molecule has 0 saturated heterocycles. The van der Waals surface area contributed by atoms with Crippen LogP contribution in [-0.4, -0.2) is 32.7 Å². The molecular weight excluding hydrogens is 353 g/mol. The summed E-state index contributed by atoms with van der Waals surface area (Å²) in [4.78, 5) is 23.6. The quantitative estimate of drug-likeness (QED) is 0.595. The zero-order chi connectivity index (χ0) is 19.8. The van der Waals surface area contributed by atoms with Gasteiger partial charge in [0.15, 0.2) is 6.61 Å². The van der Waals surface area contributed by atoms with E-state index in [2.05, 4.69) is 5.32 Å². The number of ether oxygens (including phenoxy) is 3. The van der Waals surface area contributed by atoms with E-state index in [1.165, 1.54) is 32.4 Å². The molecule has 142 valence electrons. The molecule has 6 nitrogen and oxygen atoms in total. The van der Waals surface area contributed by atoms with Gasteiger partial charge in [-0.15, -0.1) is 0 Å². The molecule has 1 N–H and O–H groups in total. The van der Waals surface area contributed by atoms with Crippen molar-refractivity contribution in [3.8, 4) is 11.5 Å². The summed E-state index contributed by atoms with van der Waals surface area (Å²) in [5.74, 6) is -0.770. The van der Waals surface area contributed by atoms with Crippen LogP contribution in [0.15, 0.2) is 42.5 Å². The molecule has 0 fully saturated rings. The molecule has 0 atom stereocenters. The van der Waals surface area contributed by atoms with Crippen LogP contribution in [0.25, 0.3) is 6.08 Å². The molecule has 2 aromatic carbocycles. The Hall–Kier alpha value is -3.35. The zero-order valence-corrected chi connectivity index (χ0v) is 15.2. The number of carbonyl (C=O) groups is 2. The number of carbonyl (C=O) groups excluding carboxylic acids is 2. The Bertz CT molecular complexity index is 863. The molecule has 0 heterocycles. The Morgan fingerprint density at radius 2 is 1.89 bits per heavy atom. The van der Waals surface area contributed by atoms with E-state index in [0.29, 0.717) is 17.1 Å². The van der Waals surface area contributed by atoms with Crippen LogP contribution in [0.2, 0.25) is 0 Å². The molecule has 1 amide bonds. The highest BCUT2D eigenvalue weighted by Crippen LogP contribution is 2.25. The van der Waals surface area contributed by atoms with Gasteiger partial charge in [-0.1, -0.05) is 6.07 Å². The Kier molecular flexibility index (Phi) is 6.93. The van der Waals surface area contributed by atoms with Crippen molar-refractivity contribution in [2.24, 2.45) is 0 Å². The minimum Gasteiger partial charge on any atom is -0.497 e. The van der Waals surface area contributed by atoms with Crippen LogP contribution in [0.4, 0.5) is 10.1 Å². The van der Waals surface area contributed by atoms with E-state index in [4.69, 9.17) is 14.2 Å². The molecule has 0 bridgehead atoms. The SMILES string of the molecule is COc1ccc(OC)c(/C=C/C(=O)OCC(=O)Nc2ccc(C)cc2F)c1. The van der Waals surface area contributed by atoms with Gasteiger partial charge >= 0.3 is 5.97 Å². The summed E-state index contributed by atoms with van der Waals surface area (Å²) in [6, 6.07) is 9.52.